The minimum absolute atomic E-state index is 0.208. The fourth-order valence-electron chi connectivity index (χ4n) is 0.335. The maximum absolute atomic E-state index is 8.28. The first-order valence-electron chi connectivity index (χ1n) is 2.01. The Labute approximate surface area is 61.7 Å². The van der Waals surface area contributed by atoms with Crippen LogP contribution in [0.1, 0.15) is 11.4 Å². The number of rotatable bonds is 0. The Morgan fingerprint density at radius 1 is 1.11 bits per heavy atom. The Morgan fingerprint density at radius 2 is 1.56 bits per heavy atom. The van der Waals surface area contributed by atoms with E-state index in [0.29, 0.717) is 0 Å². The summed E-state index contributed by atoms with van der Waals surface area (Å²) in [5.41, 5.74) is 0.416. The first-order valence-corrected chi connectivity index (χ1v) is 4.09. The van der Waals surface area contributed by atoms with Crippen LogP contribution in [0, 0.1) is 22.7 Å². The average Bonchev–Trinajstić information content (AvgIpc) is 2.33. The van der Waals surface area contributed by atoms with E-state index in [1.54, 1.807) is 12.1 Å². The molecule has 0 N–H and O–H groups in total. The second kappa shape index (κ2) is 2.60. The van der Waals surface area contributed by atoms with E-state index in [-0.39, 0.29) is 11.4 Å². The molecule has 0 fully saturated rings. The van der Waals surface area contributed by atoms with Gasteiger partial charge >= 0.3 is 61.5 Å². The first-order chi connectivity index (χ1) is 4.38. The second-order valence-corrected chi connectivity index (χ2v) is 2.69. The van der Waals surface area contributed by atoms with Crippen LogP contribution in [0.5, 0.6) is 0 Å². The van der Waals surface area contributed by atoms with Gasteiger partial charge in [-0.1, -0.05) is 0 Å². The van der Waals surface area contributed by atoms with Crippen molar-refractivity contribution < 1.29 is 0 Å². The summed E-state index contributed by atoms with van der Waals surface area (Å²) in [4.78, 5) is 0. The van der Waals surface area contributed by atoms with Gasteiger partial charge in [0.05, 0.1) is 0 Å². The van der Waals surface area contributed by atoms with Crippen LogP contribution in [-0.4, -0.2) is 27.4 Å². The predicted molar refractivity (Wildman–Crippen MR) is 28.4 cm³/mol. The molecule has 1 heterocycles. The van der Waals surface area contributed by atoms with Gasteiger partial charge in [-0.15, -0.1) is 0 Å². The van der Waals surface area contributed by atoms with E-state index in [2.05, 4.69) is 6.41 Å². The van der Waals surface area contributed by atoms with Gasteiger partial charge in [0.1, 0.15) is 0 Å². The summed E-state index contributed by atoms with van der Waals surface area (Å²) in [6.45, 7) is 0. The zero-order valence-corrected chi connectivity index (χ0v) is 6.53. The molecule has 0 aliphatic carbocycles. The van der Waals surface area contributed by atoms with Crippen LogP contribution in [0.25, 0.3) is 0 Å². The molecular formula is C4N4Te. The predicted octanol–water partition coefficient (Wildman–Crippen LogP) is -0.723. The maximum atomic E-state index is 8.28. The zero-order chi connectivity index (χ0) is 6.69. The molecule has 0 aromatic carbocycles. The van der Waals surface area contributed by atoms with Crippen molar-refractivity contribution in [2.45, 2.75) is 0 Å². The summed E-state index contributed by atoms with van der Waals surface area (Å²) in [5.74, 6) is 0. The zero-order valence-electron chi connectivity index (χ0n) is 4.20. The van der Waals surface area contributed by atoms with Crippen molar-refractivity contribution in [2.24, 2.45) is 0 Å². The summed E-state index contributed by atoms with van der Waals surface area (Å²) in [6, 6.07) is 3.59. The first kappa shape index (κ1) is 6.23. The molecule has 0 spiro atoms. The molecule has 0 amide bonds. The third-order valence-corrected chi connectivity index (χ3v) is 2.21. The molecule has 1 aromatic rings. The fraction of sp³-hybridized carbons (Fsp3) is 0. The van der Waals surface area contributed by atoms with Crippen LogP contribution in [0.15, 0.2) is 0 Å². The van der Waals surface area contributed by atoms with Crippen molar-refractivity contribution in [1.29, 1.82) is 10.5 Å². The topological polar surface area (TPSA) is 73.4 Å². The summed E-state index contributed by atoms with van der Waals surface area (Å²) in [6.07, 6.45) is 0. The third-order valence-electron chi connectivity index (χ3n) is 0.700. The van der Waals surface area contributed by atoms with Gasteiger partial charge in [-0.2, -0.15) is 0 Å². The van der Waals surface area contributed by atoms with E-state index in [1.807, 2.05) is 0 Å². The fourth-order valence-corrected chi connectivity index (χ4v) is 1.64. The molecule has 1 aromatic heterocycles. The Morgan fingerprint density at radius 3 is 1.89 bits per heavy atom. The van der Waals surface area contributed by atoms with Crippen LogP contribution < -0.4 is 0 Å². The summed E-state index contributed by atoms with van der Waals surface area (Å²) < 4.78 is 7.53. The molecule has 0 saturated carbocycles. The number of nitrogens with zero attached hydrogens (tertiary/aromatic N) is 4. The molecule has 5 heteroatoms. The minimum atomic E-state index is -0.774. The van der Waals surface area contributed by atoms with Gasteiger partial charge in [-0.3, -0.25) is 0 Å². The molecular weight excluding hydrogens is 232 g/mol. The van der Waals surface area contributed by atoms with Crippen molar-refractivity contribution in [3.63, 3.8) is 0 Å². The third kappa shape index (κ3) is 1.08. The molecule has 42 valence electrons. The van der Waals surface area contributed by atoms with Gasteiger partial charge in [0, 0.05) is 0 Å². The van der Waals surface area contributed by atoms with Crippen LogP contribution in [0.3, 0.4) is 0 Å². The van der Waals surface area contributed by atoms with Crippen molar-refractivity contribution in [2.75, 3.05) is 0 Å². The van der Waals surface area contributed by atoms with E-state index in [1.165, 1.54) is 0 Å². The molecule has 0 atom stereocenters. The molecule has 0 aliphatic rings. The van der Waals surface area contributed by atoms with Crippen LogP contribution in [0.4, 0.5) is 0 Å². The molecule has 4 nitrogen and oxygen atoms in total. The number of hydrogen-bond acceptors (Lipinski definition) is 4. The normalized spacial score (nSPS) is 7.78. The SMILES string of the molecule is N#Cc1n[te]nc1C#N. The Kier molecular flexibility index (Phi) is 1.80. The molecule has 9 heavy (non-hydrogen) atoms. The summed E-state index contributed by atoms with van der Waals surface area (Å²) in [7, 11) is 0. The van der Waals surface area contributed by atoms with Gasteiger partial charge in [0.25, 0.3) is 0 Å². The molecule has 0 radical (unpaired) electrons. The van der Waals surface area contributed by atoms with Gasteiger partial charge in [-0.05, 0) is 0 Å². The van der Waals surface area contributed by atoms with E-state index < -0.39 is 21.0 Å². The molecule has 0 aliphatic heterocycles. The van der Waals surface area contributed by atoms with E-state index in [9.17, 15) is 0 Å². The van der Waals surface area contributed by atoms with E-state index in [4.69, 9.17) is 10.5 Å². The monoisotopic (exact) mass is 234 g/mol. The molecule has 1 rings (SSSR count). The van der Waals surface area contributed by atoms with Crippen molar-refractivity contribution >= 4 is 21.0 Å². The van der Waals surface area contributed by atoms with Crippen LogP contribution in [-0.2, 0) is 0 Å². The van der Waals surface area contributed by atoms with Crippen molar-refractivity contribution in [3.05, 3.63) is 11.4 Å². The molecule has 0 saturated heterocycles. The molecule has 0 unspecified atom stereocenters. The molecule has 0 bridgehead atoms. The van der Waals surface area contributed by atoms with Gasteiger partial charge in [0.15, 0.2) is 0 Å². The van der Waals surface area contributed by atoms with Crippen molar-refractivity contribution in [1.82, 2.24) is 6.41 Å². The average molecular weight is 232 g/mol. The van der Waals surface area contributed by atoms with E-state index in [0.717, 1.165) is 0 Å². The Balaban J connectivity index is 3.22. The van der Waals surface area contributed by atoms with Crippen LogP contribution >= 0.6 is 0 Å². The van der Waals surface area contributed by atoms with Gasteiger partial charge in [0.2, 0.25) is 0 Å². The van der Waals surface area contributed by atoms with Crippen LogP contribution in [0.2, 0.25) is 0 Å². The standard InChI is InChI=1S/C4N4Te/c5-1-3-4(2-6)8-9-7-3. The number of hydrogen-bond donors (Lipinski definition) is 0. The van der Waals surface area contributed by atoms with E-state index >= 15 is 0 Å². The number of aromatic nitrogens is 2. The summed E-state index contributed by atoms with van der Waals surface area (Å²) >= 11 is -0.774. The Bertz CT molecular complexity index is 260. The van der Waals surface area contributed by atoms with Gasteiger partial charge < -0.3 is 0 Å². The summed E-state index contributed by atoms with van der Waals surface area (Å²) in [5, 5.41) is 16.6. The quantitative estimate of drug-likeness (QED) is 0.553. The van der Waals surface area contributed by atoms with Crippen molar-refractivity contribution in [3.8, 4) is 12.1 Å². The Hall–Kier alpha value is -0.890. The van der Waals surface area contributed by atoms with Gasteiger partial charge in [-0.25, -0.2) is 0 Å². The second-order valence-electron chi connectivity index (χ2n) is 1.19. The number of nitriles is 2.